The van der Waals surface area contributed by atoms with Crippen molar-refractivity contribution in [2.45, 2.75) is 0 Å². The van der Waals surface area contributed by atoms with Crippen molar-refractivity contribution in [2.24, 2.45) is 0 Å². The third-order valence-electron chi connectivity index (χ3n) is 0. The molecule has 7 N–H and O–H groups in total. The van der Waals surface area contributed by atoms with E-state index in [4.69, 9.17) is 57.5 Å². The largest absolute Gasteiger partial charge is 2.00 e. The van der Waals surface area contributed by atoms with Crippen molar-refractivity contribution in [3.63, 3.8) is 0 Å². The summed E-state index contributed by atoms with van der Waals surface area (Å²) in [7, 11) is -15.1. The molecule has 0 unspecified atom stereocenters. The van der Waals surface area contributed by atoms with Gasteiger partial charge in [0.15, 0.2) is 0 Å². The molecule has 0 aliphatic rings. The Bertz CT molecular complexity index is 102. The molecule has 0 bridgehead atoms. The van der Waals surface area contributed by atoms with E-state index in [1.807, 2.05) is 0 Å². The van der Waals surface area contributed by atoms with Gasteiger partial charge >= 0.3 is 108 Å². The molecule has 0 heterocycles. The van der Waals surface area contributed by atoms with Crippen molar-refractivity contribution in [3.05, 3.63) is 0 Å². The summed E-state index contributed by atoms with van der Waals surface area (Å²) in [5, 5.41) is 0. The van der Waals surface area contributed by atoms with E-state index in [0.29, 0.717) is 0 Å². The van der Waals surface area contributed by atoms with Crippen molar-refractivity contribution >= 4 is 87.9 Å². The third-order valence-corrected chi connectivity index (χ3v) is 0. The molecular weight excluding hydrogens is 364 g/mol. The second-order valence-electron chi connectivity index (χ2n) is 1.67. The van der Waals surface area contributed by atoms with E-state index in [9.17, 15) is 0 Å². The first-order valence-corrected chi connectivity index (χ1v) is 7.76. The zero-order valence-corrected chi connectivity index (χ0v) is 17.7. The van der Waals surface area contributed by atoms with Crippen LogP contribution in [0.3, 0.4) is 0 Å². The van der Waals surface area contributed by atoms with Gasteiger partial charge in [-0.05, 0) is 0 Å². The predicted molar refractivity (Wildman–Crippen MR) is 44.3 cm³/mol. The van der Waals surface area contributed by atoms with Crippen LogP contribution < -0.4 is 53.5 Å². The molecule has 0 saturated heterocycles. The van der Waals surface area contributed by atoms with Gasteiger partial charge in [0.2, 0.25) is 0 Å². The second-order valence-corrected chi connectivity index (χ2v) is 5.02. The Labute approximate surface area is 172 Å². The van der Waals surface area contributed by atoms with Crippen LogP contribution in [-0.2, 0) is 0 Å². The van der Waals surface area contributed by atoms with Crippen molar-refractivity contribution in [3.8, 4) is 0 Å². The summed E-state index contributed by atoms with van der Waals surface area (Å²) < 4.78 is 0. The van der Waals surface area contributed by atoms with Gasteiger partial charge in [-0.25, -0.2) is 0 Å². The van der Waals surface area contributed by atoms with E-state index >= 15 is 0 Å². The van der Waals surface area contributed by atoms with Gasteiger partial charge in [-0.15, -0.1) is 0 Å². The van der Waals surface area contributed by atoms with Gasteiger partial charge in [0, 0.05) is 0 Å². The van der Waals surface area contributed by atoms with E-state index in [2.05, 4.69) is 0 Å². The molecule has 0 aromatic heterocycles. The number of hydrogen-bond acceptors (Lipinski definition) is 12. The summed E-state index contributed by atoms with van der Waals surface area (Å²) in [5.41, 5.74) is 0. The Morgan fingerprint density at radius 1 is 0.611 bits per heavy atom. The molecule has 0 amide bonds. The van der Waals surface area contributed by atoms with Crippen molar-refractivity contribution in [2.75, 3.05) is 0 Å². The Morgan fingerprint density at radius 3 is 0.611 bits per heavy atom. The van der Waals surface area contributed by atoms with Crippen LogP contribution in [0.1, 0.15) is 0 Å². The molecule has 0 rings (SSSR count). The van der Waals surface area contributed by atoms with Gasteiger partial charge in [-0.2, -0.15) is 0 Å². The smallest absolute Gasteiger partial charge is 0.894 e. The van der Waals surface area contributed by atoms with E-state index < -0.39 is 27.1 Å². The fourth-order valence-corrected chi connectivity index (χ4v) is 0. The van der Waals surface area contributed by atoms with Crippen LogP contribution in [0.2, 0.25) is 0 Å². The molecular formula is H7CaMgNaO12Si3. The molecule has 0 aliphatic heterocycles. The minimum atomic E-state index is -5.61. The summed E-state index contributed by atoms with van der Waals surface area (Å²) in [5.74, 6) is 0. The van der Waals surface area contributed by atoms with E-state index in [1.165, 1.54) is 0 Å². The summed E-state index contributed by atoms with van der Waals surface area (Å²) >= 11 is 0. The van der Waals surface area contributed by atoms with Crippen molar-refractivity contribution in [1.82, 2.24) is 0 Å². The van der Waals surface area contributed by atoms with Gasteiger partial charge in [-0.1, -0.05) is 0 Å². The Balaban J connectivity index is -0.0000000277. The predicted octanol–water partition coefficient (Wildman–Crippen LogP) is -14.7. The van der Waals surface area contributed by atoms with Crippen LogP contribution in [0.4, 0.5) is 0 Å². The first-order valence-electron chi connectivity index (χ1n) is 2.59. The fraction of sp³-hybridized carbons (Fsp3) is 0. The van der Waals surface area contributed by atoms with E-state index in [0.717, 1.165) is 0 Å². The van der Waals surface area contributed by atoms with Crippen molar-refractivity contribution < 1.29 is 87.1 Å². The topological polar surface area (TPSA) is 257 Å². The quantitative estimate of drug-likeness (QED) is 0.196. The van der Waals surface area contributed by atoms with Gasteiger partial charge in [0.1, 0.15) is 0 Å². The summed E-state index contributed by atoms with van der Waals surface area (Å²) in [4.78, 5) is 94.2. The Hall–Kier alpha value is 3.20. The van der Waals surface area contributed by atoms with Crippen molar-refractivity contribution in [1.29, 1.82) is 0 Å². The zero-order valence-electron chi connectivity index (χ0n) is 9.09. The maximum Gasteiger partial charge on any atom is 2.00 e. The summed E-state index contributed by atoms with van der Waals surface area (Å²) in [6.45, 7) is 0. The molecule has 0 spiro atoms. The minimum Gasteiger partial charge on any atom is -0.894 e. The zero-order chi connectivity index (χ0) is 13.5. The minimum absolute atomic E-state index is 0. The monoisotopic (exact) mass is 370 g/mol. The molecule has 96 valence electrons. The van der Waals surface area contributed by atoms with Crippen LogP contribution >= 0.6 is 0 Å². The van der Waals surface area contributed by atoms with Crippen LogP contribution in [-0.4, -0.2) is 122 Å². The molecule has 18 heteroatoms. The van der Waals surface area contributed by atoms with Crippen LogP contribution in [0.25, 0.3) is 0 Å². The molecule has 0 saturated carbocycles. The van der Waals surface area contributed by atoms with Crippen LogP contribution in [0.5, 0.6) is 0 Å². The summed E-state index contributed by atoms with van der Waals surface area (Å²) in [6.07, 6.45) is 0. The van der Waals surface area contributed by atoms with Gasteiger partial charge in [0.05, 0.1) is 0 Å². The average Bonchev–Trinajstić information content (AvgIpc) is 1.41. The third kappa shape index (κ3) is 622. The van der Waals surface area contributed by atoms with Gasteiger partial charge < -0.3 is 66.6 Å². The number of hydrogen-bond donors (Lipinski definition) is 7. The van der Waals surface area contributed by atoms with E-state index in [1.54, 1.807) is 0 Å². The normalized spacial score (nSPS) is 10.0. The Kier molecular flexibility index (Phi) is 34.5. The SMILES string of the molecule is O[Si](O)(O)O.[Ca+2].[Mg+2].[Na+].[O-][Si](O)(O)O.[O-][Si]([O-])([O-])[O-]. The molecule has 0 atom stereocenters. The molecule has 0 aliphatic carbocycles. The summed E-state index contributed by atoms with van der Waals surface area (Å²) in [6, 6.07) is 0. The second kappa shape index (κ2) is 16.6. The van der Waals surface area contributed by atoms with Gasteiger partial charge in [-0.3, -0.25) is 0 Å². The fourth-order valence-electron chi connectivity index (χ4n) is 0. The van der Waals surface area contributed by atoms with Crippen LogP contribution in [0.15, 0.2) is 0 Å². The first-order chi connectivity index (χ1) is 6.00. The standard InChI is InChI=1S/Ca.Mg.Na.H4O4Si.H3O4Si.O4Si/c;;;3*1-5(2,3)4/h;;;1-4H;1-3H;/q2*+2;+1;;-1;-4. The first kappa shape index (κ1) is 37.4. The molecule has 0 radical (unpaired) electrons. The molecule has 0 aromatic carbocycles. The molecule has 0 fully saturated rings. The molecule has 0 aromatic rings. The van der Waals surface area contributed by atoms with E-state index in [-0.39, 0.29) is 90.3 Å². The number of rotatable bonds is 0. The Morgan fingerprint density at radius 2 is 0.611 bits per heavy atom. The molecule has 12 nitrogen and oxygen atoms in total. The van der Waals surface area contributed by atoms with Gasteiger partial charge in [0.25, 0.3) is 0 Å². The maximum absolute atomic E-state index is 8.91. The molecule has 18 heavy (non-hydrogen) atoms. The average molecular weight is 371 g/mol. The van der Waals surface area contributed by atoms with Crippen LogP contribution in [0, 0.1) is 0 Å². The maximum atomic E-state index is 8.91.